The lowest BCUT2D eigenvalue weighted by Crippen LogP contribution is -2.19. The van der Waals surface area contributed by atoms with E-state index in [1.165, 1.54) is 23.1 Å². The average Bonchev–Trinajstić information content (AvgIpc) is 3.27. The predicted molar refractivity (Wildman–Crippen MR) is 98.0 cm³/mol. The smallest absolute Gasteiger partial charge is 0.262 e. The van der Waals surface area contributed by atoms with Crippen molar-refractivity contribution in [1.82, 2.24) is 19.3 Å². The van der Waals surface area contributed by atoms with E-state index in [2.05, 4.69) is 10.1 Å². The second-order valence-corrected chi connectivity index (χ2v) is 7.11. The Kier molecular flexibility index (Phi) is 3.95. The summed E-state index contributed by atoms with van der Waals surface area (Å²) in [6.45, 7) is 0. The molecule has 0 bridgehead atoms. The topological polar surface area (TPSA) is 52.7 Å². The molecule has 7 heteroatoms. The normalized spacial score (nSPS) is 11.2. The Morgan fingerprint density at radius 2 is 2.00 bits per heavy atom. The molecule has 0 fully saturated rings. The zero-order valence-electron chi connectivity index (χ0n) is 12.9. The van der Waals surface area contributed by atoms with Crippen molar-refractivity contribution in [2.24, 2.45) is 7.05 Å². The molecule has 1 aromatic carbocycles. The van der Waals surface area contributed by atoms with Gasteiger partial charge in [0.15, 0.2) is 5.16 Å². The van der Waals surface area contributed by atoms with Crippen LogP contribution in [0.25, 0.3) is 15.9 Å². The van der Waals surface area contributed by atoms with Gasteiger partial charge in [0.05, 0.1) is 16.8 Å². The molecule has 0 radical (unpaired) electrons. The standard InChI is InChI=1S/C17H14N4OS2/c1-20-16(22)14-8-10-23-15(14)18-17(20)24-11-12-7-9-21(19-12)13-5-3-2-4-6-13/h2-10H,11H2,1H3. The Balaban J connectivity index is 1.56. The van der Waals surface area contributed by atoms with Crippen LogP contribution in [0.15, 0.2) is 64.0 Å². The summed E-state index contributed by atoms with van der Waals surface area (Å²) in [7, 11) is 1.76. The van der Waals surface area contributed by atoms with Crippen LogP contribution in [-0.4, -0.2) is 19.3 Å². The summed E-state index contributed by atoms with van der Waals surface area (Å²) in [4.78, 5) is 17.7. The molecule has 0 aliphatic carbocycles. The van der Waals surface area contributed by atoms with Gasteiger partial charge in [-0.3, -0.25) is 9.36 Å². The van der Waals surface area contributed by atoms with Gasteiger partial charge in [-0.05, 0) is 29.6 Å². The third-order valence-electron chi connectivity index (χ3n) is 3.68. The van der Waals surface area contributed by atoms with Crippen LogP contribution in [0.1, 0.15) is 5.69 Å². The van der Waals surface area contributed by atoms with Crippen molar-refractivity contribution in [3.05, 3.63) is 70.1 Å². The number of hydrogen-bond acceptors (Lipinski definition) is 5. The van der Waals surface area contributed by atoms with Crippen LogP contribution in [0.4, 0.5) is 0 Å². The molecule has 0 N–H and O–H groups in total. The average molecular weight is 354 g/mol. The fraction of sp³-hybridized carbons (Fsp3) is 0.118. The van der Waals surface area contributed by atoms with Crippen LogP contribution >= 0.6 is 23.1 Å². The summed E-state index contributed by atoms with van der Waals surface area (Å²) in [5.41, 5.74) is 1.97. The number of hydrogen-bond donors (Lipinski definition) is 0. The van der Waals surface area contributed by atoms with E-state index in [1.807, 2.05) is 58.7 Å². The van der Waals surface area contributed by atoms with Crippen molar-refractivity contribution >= 4 is 33.3 Å². The molecular weight excluding hydrogens is 340 g/mol. The molecule has 4 rings (SSSR count). The molecule has 24 heavy (non-hydrogen) atoms. The van der Waals surface area contributed by atoms with E-state index in [0.29, 0.717) is 16.3 Å². The maximum atomic E-state index is 12.3. The first kappa shape index (κ1) is 15.2. The molecule has 4 aromatic rings. The van der Waals surface area contributed by atoms with Crippen molar-refractivity contribution in [3.63, 3.8) is 0 Å². The van der Waals surface area contributed by atoms with Crippen molar-refractivity contribution in [1.29, 1.82) is 0 Å². The van der Waals surface area contributed by atoms with Gasteiger partial charge in [0.1, 0.15) is 4.83 Å². The predicted octanol–water partition coefficient (Wildman–Crippen LogP) is 3.47. The SMILES string of the molecule is Cn1c(SCc2ccn(-c3ccccc3)n2)nc2sccc2c1=O. The van der Waals surface area contributed by atoms with E-state index in [1.54, 1.807) is 11.6 Å². The fourth-order valence-electron chi connectivity index (χ4n) is 2.41. The maximum absolute atomic E-state index is 12.3. The lowest BCUT2D eigenvalue weighted by Gasteiger charge is -2.06. The number of aromatic nitrogens is 4. The van der Waals surface area contributed by atoms with Gasteiger partial charge < -0.3 is 0 Å². The quantitative estimate of drug-likeness (QED) is 0.416. The van der Waals surface area contributed by atoms with Crippen molar-refractivity contribution < 1.29 is 0 Å². The number of benzene rings is 1. The van der Waals surface area contributed by atoms with Crippen LogP contribution in [0.5, 0.6) is 0 Å². The van der Waals surface area contributed by atoms with Crippen molar-refractivity contribution in [3.8, 4) is 5.69 Å². The first-order chi connectivity index (χ1) is 11.7. The van der Waals surface area contributed by atoms with Gasteiger partial charge in [-0.15, -0.1) is 11.3 Å². The summed E-state index contributed by atoms with van der Waals surface area (Å²) in [6.07, 6.45) is 1.94. The summed E-state index contributed by atoms with van der Waals surface area (Å²) < 4.78 is 3.46. The summed E-state index contributed by atoms with van der Waals surface area (Å²) in [5.74, 6) is 0.664. The van der Waals surface area contributed by atoms with Crippen molar-refractivity contribution in [2.75, 3.05) is 0 Å². The van der Waals surface area contributed by atoms with E-state index in [4.69, 9.17) is 0 Å². The third-order valence-corrected chi connectivity index (χ3v) is 5.55. The van der Waals surface area contributed by atoms with E-state index < -0.39 is 0 Å². The molecule has 0 amide bonds. The third kappa shape index (κ3) is 2.76. The number of fused-ring (bicyclic) bond motifs is 1. The molecule has 0 atom stereocenters. The largest absolute Gasteiger partial charge is 0.290 e. The van der Waals surface area contributed by atoms with Gasteiger partial charge in [-0.2, -0.15) is 5.10 Å². The molecule has 5 nitrogen and oxygen atoms in total. The second-order valence-electron chi connectivity index (χ2n) is 5.27. The number of para-hydroxylation sites is 1. The van der Waals surface area contributed by atoms with Gasteiger partial charge in [0.2, 0.25) is 0 Å². The van der Waals surface area contributed by atoms with E-state index in [-0.39, 0.29) is 5.56 Å². The first-order valence-electron chi connectivity index (χ1n) is 7.39. The Labute approximate surface area is 146 Å². The second kappa shape index (κ2) is 6.26. The number of thioether (sulfide) groups is 1. The van der Waals surface area contributed by atoms with E-state index in [9.17, 15) is 4.79 Å². The number of thiophene rings is 1. The Bertz CT molecular complexity index is 1050. The van der Waals surface area contributed by atoms with Gasteiger partial charge in [-0.25, -0.2) is 9.67 Å². The Morgan fingerprint density at radius 1 is 1.17 bits per heavy atom. The summed E-state index contributed by atoms with van der Waals surface area (Å²) >= 11 is 3.01. The lowest BCUT2D eigenvalue weighted by atomic mass is 10.3. The fourth-order valence-corrected chi connectivity index (χ4v) is 4.09. The summed E-state index contributed by atoms with van der Waals surface area (Å²) in [6, 6.07) is 13.8. The molecule has 0 aliphatic rings. The van der Waals surface area contributed by atoms with Crippen molar-refractivity contribution in [2.45, 2.75) is 10.9 Å². The Morgan fingerprint density at radius 3 is 2.83 bits per heavy atom. The zero-order chi connectivity index (χ0) is 16.5. The Hall–Kier alpha value is -2.38. The highest BCUT2D eigenvalue weighted by atomic mass is 32.2. The highest BCUT2D eigenvalue weighted by molar-refractivity contribution is 7.98. The van der Waals surface area contributed by atoms with Crippen LogP contribution < -0.4 is 5.56 Å². The monoisotopic (exact) mass is 354 g/mol. The first-order valence-corrected chi connectivity index (χ1v) is 9.26. The molecule has 0 aliphatic heterocycles. The van der Waals surface area contributed by atoms with E-state index in [0.717, 1.165) is 16.2 Å². The molecule has 0 saturated heterocycles. The summed E-state index contributed by atoms with van der Waals surface area (Å²) in [5, 5.41) is 7.87. The van der Waals surface area contributed by atoms with Crippen LogP contribution in [0.3, 0.4) is 0 Å². The van der Waals surface area contributed by atoms with Gasteiger partial charge in [-0.1, -0.05) is 30.0 Å². The van der Waals surface area contributed by atoms with Gasteiger partial charge in [0, 0.05) is 19.0 Å². The van der Waals surface area contributed by atoms with Crippen LogP contribution in [0, 0.1) is 0 Å². The minimum atomic E-state index is -0.00133. The molecule has 3 aromatic heterocycles. The highest BCUT2D eigenvalue weighted by Crippen LogP contribution is 2.23. The maximum Gasteiger partial charge on any atom is 0.262 e. The van der Waals surface area contributed by atoms with Gasteiger partial charge in [0.25, 0.3) is 5.56 Å². The molecular formula is C17H14N4OS2. The number of nitrogens with zero attached hydrogens (tertiary/aromatic N) is 4. The van der Waals surface area contributed by atoms with Gasteiger partial charge >= 0.3 is 0 Å². The minimum absolute atomic E-state index is 0.00133. The molecule has 0 spiro atoms. The lowest BCUT2D eigenvalue weighted by molar-refractivity contribution is 0.727. The van der Waals surface area contributed by atoms with E-state index >= 15 is 0 Å². The molecule has 0 saturated carbocycles. The molecule has 120 valence electrons. The minimum Gasteiger partial charge on any atom is -0.290 e. The molecule has 0 unspecified atom stereocenters. The zero-order valence-corrected chi connectivity index (χ0v) is 14.5. The number of rotatable bonds is 4. The van der Waals surface area contributed by atoms with Crippen LogP contribution in [0.2, 0.25) is 0 Å². The highest BCUT2D eigenvalue weighted by Gasteiger charge is 2.10. The molecule has 3 heterocycles. The van der Waals surface area contributed by atoms with Crippen LogP contribution in [-0.2, 0) is 12.8 Å².